The number of esters is 1. The summed E-state index contributed by atoms with van der Waals surface area (Å²) in [6, 6.07) is -1.59. The zero-order valence-corrected chi connectivity index (χ0v) is 13.8. The van der Waals surface area contributed by atoms with Crippen LogP contribution in [0.2, 0.25) is 0 Å². The third-order valence-corrected chi connectivity index (χ3v) is 2.55. The van der Waals surface area contributed by atoms with Gasteiger partial charge in [0.25, 0.3) is 0 Å². The number of carbonyl (C=O) groups excluding carboxylic acids is 3. The predicted molar refractivity (Wildman–Crippen MR) is 77.6 cm³/mol. The summed E-state index contributed by atoms with van der Waals surface area (Å²) in [6.45, 7) is 10.3. The Balaban J connectivity index is 4.57. The van der Waals surface area contributed by atoms with Crippen molar-refractivity contribution in [1.29, 1.82) is 0 Å². The highest BCUT2D eigenvalue weighted by molar-refractivity contribution is 5.89. The molecule has 2 unspecified atom stereocenters. The van der Waals surface area contributed by atoms with Crippen LogP contribution < -0.4 is 10.6 Å². The third kappa shape index (κ3) is 7.53. The topological polar surface area (TPSA) is 93.7 Å². The zero-order valence-electron chi connectivity index (χ0n) is 13.8. The van der Waals surface area contributed by atoms with Crippen LogP contribution in [0.25, 0.3) is 0 Å². The van der Waals surface area contributed by atoms with Crippen molar-refractivity contribution < 1.29 is 23.9 Å². The fourth-order valence-corrected chi connectivity index (χ4v) is 1.45. The average Bonchev–Trinajstić information content (AvgIpc) is 2.31. The van der Waals surface area contributed by atoms with Crippen LogP contribution in [0.5, 0.6) is 0 Å². The van der Waals surface area contributed by atoms with Gasteiger partial charge in [0.1, 0.15) is 17.7 Å². The fourth-order valence-electron chi connectivity index (χ4n) is 1.45. The average molecular weight is 302 g/mol. The van der Waals surface area contributed by atoms with Crippen LogP contribution in [0.15, 0.2) is 0 Å². The normalized spacial score (nSPS) is 14.1. The van der Waals surface area contributed by atoms with Gasteiger partial charge in [0.2, 0.25) is 5.91 Å². The van der Waals surface area contributed by atoms with Crippen LogP contribution in [0.4, 0.5) is 4.79 Å². The molecule has 0 saturated carbocycles. The van der Waals surface area contributed by atoms with Crippen LogP contribution in [-0.4, -0.2) is 42.8 Å². The van der Waals surface area contributed by atoms with Gasteiger partial charge in [-0.25, -0.2) is 9.59 Å². The minimum Gasteiger partial charge on any atom is -0.467 e. The minimum atomic E-state index is -0.828. The molecule has 0 rings (SSSR count). The van der Waals surface area contributed by atoms with E-state index in [2.05, 4.69) is 15.4 Å². The SMILES string of the molecule is COC(=O)C(NC(=O)C(C)NC(=O)OC(C)(C)C)C(C)C. The molecule has 122 valence electrons. The van der Waals surface area contributed by atoms with Crippen LogP contribution >= 0.6 is 0 Å². The van der Waals surface area contributed by atoms with E-state index in [0.29, 0.717) is 0 Å². The Bertz CT molecular complexity index is 387. The van der Waals surface area contributed by atoms with E-state index in [9.17, 15) is 14.4 Å². The number of carbonyl (C=O) groups is 3. The van der Waals surface area contributed by atoms with E-state index >= 15 is 0 Å². The number of hydrogen-bond donors (Lipinski definition) is 2. The van der Waals surface area contributed by atoms with Crippen molar-refractivity contribution in [2.75, 3.05) is 7.11 Å². The molecule has 0 saturated heterocycles. The molecule has 2 amide bonds. The van der Waals surface area contributed by atoms with Gasteiger partial charge in [-0.2, -0.15) is 0 Å². The van der Waals surface area contributed by atoms with Crippen LogP contribution in [0, 0.1) is 5.92 Å². The number of hydrogen-bond acceptors (Lipinski definition) is 5. The number of methoxy groups -OCH3 is 1. The maximum atomic E-state index is 12.0. The van der Waals surface area contributed by atoms with Crippen LogP contribution in [0.1, 0.15) is 41.5 Å². The Morgan fingerprint density at radius 1 is 1.00 bits per heavy atom. The van der Waals surface area contributed by atoms with Crippen molar-refractivity contribution in [1.82, 2.24) is 10.6 Å². The lowest BCUT2D eigenvalue weighted by atomic mass is 10.0. The maximum Gasteiger partial charge on any atom is 0.408 e. The van der Waals surface area contributed by atoms with Crippen molar-refractivity contribution in [2.45, 2.75) is 59.2 Å². The summed E-state index contributed by atoms with van der Waals surface area (Å²) in [6.07, 6.45) is -0.690. The molecule has 0 fully saturated rings. The Labute approximate surface area is 125 Å². The summed E-state index contributed by atoms with van der Waals surface area (Å²) in [5, 5.41) is 4.96. The number of nitrogens with one attached hydrogen (secondary N) is 2. The summed E-state index contributed by atoms with van der Waals surface area (Å²) < 4.78 is 9.69. The fraction of sp³-hybridized carbons (Fsp3) is 0.786. The molecular weight excluding hydrogens is 276 g/mol. The van der Waals surface area contributed by atoms with Crippen molar-refractivity contribution >= 4 is 18.0 Å². The lowest BCUT2D eigenvalue weighted by Crippen LogP contribution is -2.52. The molecule has 0 bridgehead atoms. The molecule has 0 aromatic carbocycles. The van der Waals surface area contributed by atoms with Gasteiger partial charge >= 0.3 is 12.1 Å². The van der Waals surface area contributed by atoms with Gasteiger partial charge in [-0.1, -0.05) is 13.8 Å². The molecule has 7 nitrogen and oxygen atoms in total. The summed E-state index contributed by atoms with van der Waals surface area (Å²) in [4.78, 5) is 35.1. The molecular formula is C14H26N2O5. The Morgan fingerprint density at radius 3 is 1.90 bits per heavy atom. The van der Waals surface area contributed by atoms with E-state index in [-0.39, 0.29) is 5.92 Å². The number of amides is 2. The molecule has 2 N–H and O–H groups in total. The molecule has 2 atom stereocenters. The summed E-state index contributed by atoms with van der Waals surface area (Å²) in [5.41, 5.74) is -0.646. The molecule has 7 heteroatoms. The molecule has 0 spiro atoms. The van der Waals surface area contributed by atoms with Gasteiger partial charge in [0.05, 0.1) is 7.11 Å². The van der Waals surface area contributed by atoms with Gasteiger partial charge in [0, 0.05) is 0 Å². The minimum absolute atomic E-state index is 0.130. The first-order chi connectivity index (χ1) is 9.47. The molecule has 0 radical (unpaired) electrons. The molecule has 0 aliphatic carbocycles. The molecule has 21 heavy (non-hydrogen) atoms. The predicted octanol–water partition coefficient (Wildman–Crippen LogP) is 1.21. The summed E-state index contributed by atoms with van der Waals surface area (Å²) in [7, 11) is 1.26. The maximum absolute atomic E-state index is 12.0. The first kappa shape index (κ1) is 19.2. The van der Waals surface area contributed by atoms with E-state index in [1.165, 1.54) is 14.0 Å². The van der Waals surface area contributed by atoms with Crippen molar-refractivity contribution in [2.24, 2.45) is 5.92 Å². The van der Waals surface area contributed by atoms with Gasteiger partial charge in [0.15, 0.2) is 0 Å². The quantitative estimate of drug-likeness (QED) is 0.745. The standard InChI is InChI=1S/C14H26N2O5/c1-8(2)10(12(18)20-7)16-11(17)9(3)15-13(19)21-14(4,5)6/h8-10H,1-7H3,(H,15,19)(H,16,17). The second-order valence-corrected chi connectivity index (χ2v) is 6.12. The highest BCUT2D eigenvalue weighted by Crippen LogP contribution is 2.07. The van der Waals surface area contributed by atoms with Gasteiger partial charge in [-0.15, -0.1) is 0 Å². The Kier molecular flexibility index (Phi) is 7.18. The van der Waals surface area contributed by atoms with E-state index in [0.717, 1.165) is 0 Å². The van der Waals surface area contributed by atoms with Gasteiger partial charge in [-0.05, 0) is 33.6 Å². The van der Waals surface area contributed by atoms with E-state index in [1.807, 2.05) is 0 Å². The second kappa shape index (κ2) is 7.85. The molecule has 0 heterocycles. The van der Waals surface area contributed by atoms with E-state index in [4.69, 9.17) is 4.74 Å². The largest absolute Gasteiger partial charge is 0.467 e. The lowest BCUT2D eigenvalue weighted by molar-refractivity contribution is -0.146. The zero-order chi connectivity index (χ0) is 16.8. The van der Waals surface area contributed by atoms with Crippen molar-refractivity contribution in [3.8, 4) is 0 Å². The van der Waals surface area contributed by atoms with Gasteiger partial charge in [-0.3, -0.25) is 4.79 Å². The number of alkyl carbamates (subject to hydrolysis) is 1. The first-order valence-corrected chi connectivity index (χ1v) is 6.85. The molecule has 0 aliphatic rings. The highest BCUT2D eigenvalue weighted by atomic mass is 16.6. The number of ether oxygens (including phenoxy) is 2. The van der Waals surface area contributed by atoms with Crippen LogP contribution in [-0.2, 0) is 19.1 Å². The number of rotatable bonds is 5. The Hall–Kier alpha value is -1.79. The monoisotopic (exact) mass is 302 g/mol. The second-order valence-electron chi connectivity index (χ2n) is 6.12. The highest BCUT2D eigenvalue weighted by Gasteiger charge is 2.28. The summed E-state index contributed by atoms with van der Waals surface area (Å²) in [5.74, 6) is -1.14. The molecule has 0 aliphatic heterocycles. The lowest BCUT2D eigenvalue weighted by Gasteiger charge is -2.24. The Morgan fingerprint density at radius 2 is 1.52 bits per heavy atom. The van der Waals surface area contributed by atoms with Crippen molar-refractivity contribution in [3.63, 3.8) is 0 Å². The third-order valence-electron chi connectivity index (χ3n) is 2.55. The smallest absolute Gasteiger partial charge is 0.408 e. The van der Waals surface area contributed by atoms with E-state index < -0.39 is 35.7 Å². The van der Waals surface area contributed by atoms with Gasteiger partial charge < -0.3 is 20.1 Å². The first-order valence-electron chi connectivity index (χ1n) is 6.85. The van der Waals surface area contributed by atoms with Crippen molar-refractivity contribution in [3.05, 3.63) is 0 Å². The molecule has 0 aromatic heterocycles. The summed E-state index contributed by atoms with van der Waals surface area (Å²) >= 11 is 0. The van der Waals surface area contributed by atoms with Crippen LogP contribution in [0.3, 0.4) is 0 Å². The molecule has 0 aromatic rings. The van der Waals surface area contributed by atoms with E-state index in [1.54, 1.807) is 34.6 Å².